The summed E-state index contributed by atoms with van der Waals surface area (Å²) in [6, 6.07) is 0.500. The van der Waals surface area contributed by atoms with Crippen LogP contribution < -0.4 is 5.32 Å². The molecule has 18 heavy (non-hydrogen) atoms. The number of amidine groups is 1. The Hall–Kier alpha value is -0.180. The predicted octanol–water partition coefficient (Wildman–Crippen LogP) is 4.21. The molecule has 1 aliphatic heterocycles. The first kappa shape index (κ1) is 14.2. The van der Waals surface area contributed by atoms with Crippen LogP contribution in [-0.4, -0.2) is 22.5 Å². The molecule has 0 aromatic rings. The fourth-order valence-electron chi connectivity index (χ4n) is 2.97. The lowest BCUT2D eigenvalue weighted by Crippen LogP contribution is -2.48. The van der Waals surface area contributed by atoms with Crippen molar-refractivity contribution in [3.63, 3.8) is 0 Å². The van der Waals surface area contributed by atoms with Crippen molar-refractivity contribution in [3.05, 3.63) is 0 Å². The second-order valence-electron chi connectivity index (χ2n) is 6.21. The Balaban J connectivity index is 1.94. The van der Waals surface area contributed by atoms with E-state index in [-0.39, 0.29) is 5.54 Å². The van der Waals surface area contributed by atoms with Gasteiger partial charge in [0.25, 0.3) is 0 Å². The summed E-state index contributed by atoms with van der Waals surface area (Å²) in [6.07, 6.45) is 9.46. The van der Waals surface area contributed by atoms with Crippen LogP contribution in [0.2, 0.25) is 0 Å². The molecule has 0 aromatic carbocycles. The molecule has 0 aromatic heterocycles. The van der Waals surface area contributed by atoms with Gasteiger partial charge in [-0.1, -0.05) is 37.9 Å². The Kier molecular flexibility index (Phi) is 4.99. The van der Waals surface area contributed by atoms with Gasteiger partial charge in [0.05, 0.1) is 6.04 Å². The first-order valence-corrected chi connectivity index (χ1v) is 8.60. The molecule has 0 spiro atoms. The van der Waals surface area contributed by atoms with E-state index in [1.165, 1.54) is 55.9 Å². The van der Waals surface area contributed by atoms with Crippen LogP contribution in [0.15, 0.2) is 4.99 Å². The van der Waals surface area contributed by atoms with Gasteiger partial charge < -0.3 is 5.32 Å². The summed E-state index contributed by atoms with van der Waals surface area (Å²) in [5, 5.41) is 4.86. The van der Waals surface area contributed by atoms with Crippen LogP contribution in [0.25, 0.3) is 0 Å². The van der Waals surface area contributed by atoms with Gasteiger partial charge in [-0.05, 0) is 45.4 Å². The number of rotatable bonds is 3. The van der Waals surface area contributed by atoms with E-state index in [1.807, 2.05) is 11.8 Å². The average molecular weight is 268 g/mol. The lowest BCUT2D eigenvalue weighted by atomic mass is 9.85. The largest absolute Gasteiger partial charge is 0.360 e. The maximum atomic E-state index is 4.97. The van der Waals surface area contributed by atoms with Crippen molar-refractivity contribution in [2.24, 2.45) is 10.9 Å². The maximum Gasteiger partial charge on any atom is 0.157 e. The molecule has 104 valence electrons. The van der Waals surface area contributed by atoms with Crippen LogP contribution in [0.3, 0.4) is 0 Å². The summed E-state index contributed by atoms with van der Waals surface area (Å²) in [5.41, 5.74) is 0.274. The molecule has 0 bridgehead atoms. The standard InChI is InChI=1S/C15H28N2S/c1-4-15(3)10-11-18-14(17-15)16-12(2)13-8-6-5-7-9-13/h12-13H,4-11H2,1-3H3,(H,16,17). The van der Waals surface area contributed by atoms with Crippen molar-refractivity contribution in [2.75, 3.05) is 5.75 Å². The summed E-state index contributed by atoms with van der Waals surface area (Å²) < 4.78 is 0. The molecular formula is C15H28N2S. The van der Waals surface area contributed by atoms with Gasteiger partial charge >= 0.3 is 0 Å². The van der Waals surface area contributed by atoms with Crippen molar-refractivity contribution in [1.29, 1.82) is 0 Å². The number of nitrogens with zero attached hydrogens (tertiary/aromatic N) is 1. The van der Waals surface area contributed by atoms with Gasteiger partial charge in [-0.2, -0.15) is 0 Å². The molecule has 1 saturated carbocycles. The second-order valence-corrected chi connectivity index (χ2v) is 7.29. The van der Waals surface area contributed by atoms with Crippen molar-refractivity contribution in [1.82, 2.24) is 5.32 Å². The van der Waals surface area contributed by atoms with E-state index in [1.54, 1.807) is 0 Å². The summed E-state index contributed by atoms with van der Waals surface area (Å²) in [7, 11) is 0. The van der Waals surface area contributed by atoms with E-state index < -0.39 is 0 Å². The molecular weight excluding hydrogens is 240 g/mol. The zero-order valence-electron chi connectivity index (χ0n) is 12.2. The number of nitrogens with one attached hydrogen (secondary N) is 1. The molecule has 2 rings (SSSR count). The van der Waals surface area contributed by atoms with Crippen molar-refractivity contribution in [2.45, 2.75) is 77.3 Å². The van der Waals surface area contributed by atoms with Crippen molar-refractivity contribution >= 4 is 16.9 Å². The molecule has 1 N–H and O–H groups in total. The van der Waals surface area contributed by atoms with Crippen LogP contribution in [0, 0.1) is 5.92 Å². The summed E-state index contributed by atoms with van der Waals surface area (Å²) in [6.45, 7) is 6.90. The molecule has 1 heterocycles. The zero-order chi connectivity index (χ0) is 13.0. The first-order valence-electron chi connectivity index (χ1n) is 7.62. The maximum absolute atomic E-state index is 4.97. The molecule has 0 amide bonds. The predicted molar refractivity (Wildman–Crippen MR) is 82.4 cm³/mol. The monoisotopic (exact) mass is 268 g/mol. The Bertz CT molecular complexity index is 297. The fraction of sp³-hybridized carbons (Fsp3) is 0.933. The van der Waals surface area contributed by atoms with E-state index in [9.17, 15) is 0 Å². The Labute approximate surface area is 116 Å². The number of aliphatic imine (C=N–C) groups is 1. The van der Waals surface area contributed by atoms with Crippen LogP contribution in [0.4, 0.5) is 0 Å². The van der Waals surface area contributed by atoms with Crippen LogP contribution in [0.5, 0.6) is 0 Å². The quantitative estimate of drug-likeness (QED) is 0.829. The lowest BCUT2D eigenvalue weighted by Gasteiger charge is -2.36. The smallest absolute Gasteiger partial charge is 0.157 e. The van der Waals surface area contributed by atoms with E-state index >= 15 is 0 Å². The summed E-state index contributed by atoms with van der Waals surface area (Å²) in [4.78, 5) is 4.97. The zero-order valence-corrected chi connectivity index (χ0v) is 13.0. The third kappa shape index (κ3) is 3.66. The first-order chi connectivity index (χ1) is 8.63. The fourth-order valence-corrected chi connectivity index (χ4v) is 4.28. The second kappa shape index (κ2) is 6.31. The highest BCUT2D eigenvalue weighted by atomic mass is 32.2. The van der Waals surface area contributed by atoms with Gasteiger partial charge in [0, 0.05) is 11.3 Å². The molecule has 2 atom stereocenters. The summed E-state index contributed by atoms with van der Waals surface area (Å²) in [5.74, 6) is 2.04. The molecule has 1 saturated heterocycles. The van der Waals surface area contributed by atoms with Gasteiger partial charge in [0.15, 0.2) is 5.17 Å². The minimum absolute atomic E-state index is 0.274. The van der Waals surface area contributed by atoms with Crippen molar-refractivity contribution in [3.8, 4) is 0 Å². The Morgan fingerprint density at radius 2 is 2.11 bits per heavy atom. The minimum Gasteiger partial charge on any atom is -0.360 e. The minimum atomic E-state index is 0.274. The Morgan fingerprint density at radius 3 is 2.78 bits per heavy atom. The van der Waals surface area contributed by atoms with Gasteiger partial charge in [-0.15, -0.1) is 0 Å². The van der Waals surface area contributed by atoms with Gasteiger partial charge in [0.2, 0.25) is 0 Å². The molecule has 3 heteroatoms. The normalized spacial score (nSPS) is 34.3. The average Bonchev–Trinajstić information content (AvgIpc) is 2.40. The lowest BCUT2D eigenvalue weighted by molar-refractivity contribution is 0.316. The topological polar surface area (TPSA) is 24.4 Å². The van der Waals surface area contributed by atoms with Gasteiger partial charge in [0.1, 0.15) is 0 Å². The van der Waals surface area contributed by atoms with Gasteiger partial charge in [-0.25, -0.2) is 0 Å². The Morgan fingerprint density at radius 1 is 1.39 bits per heavy atom. The van der Waals surface area contributed by atoms with Crippen molar-refractivity contribution < 1.29 is 0 Å². The highest BCUT2D eigenvalue weighted by Crippen LogP contribution is 2.30. The molecule has 2 nitrogen and oxygen atoms in total. The summed E-state index contributed by atoms with van der Waals surface area (Å²) >= 11 is 1.91. The molecule has 2 fully saturated rings. The SMILES string of the molecule is CCC1(C)CCSC(=NC(C)C2CCCCC2)N1. The number of hydrogen-bond donors (Lipinski definition) is 1. The molecule has 2 aliphatic rings. The van der Waals surface area contributed by atoms with Crippen LogP contribution in [-0.2, 0) is 0 Å². The van der Waals surface area contributed by atoms with E-state index in [0.29, 0.717) is 6.04 Å². The molecule has 0 radical (unpaired) electrons. The highest BCUT2D eigenvalue weighted by Gasteiger charge is 2.28. The molecule has 1 aliphatic carbocycles. The van der Waals surface area contributed by atoms with Crippen LogP contribution in [0.1, 0.15) is 65.7 Å². The molecule has 2 unspecified atom stereocenters. The van der Waals surface area contributed by atoms with E-state index in [0.717, 1.165) is 5.92 Å². The number of thioether (sulfide) groups is 1. The third-order valence-corrected chi connectivity index (χ3v) is 5.62. The highest BCUT2D eigenvalue weighted by molar-refractivity contribution is 8.13. The van der Waals surface area contributed by atoms with E-state index in [2.05, 4.69) is 26.1 Å². The van der Waals surface area contributed by atoms with Gasteiger partial charge in [-0.3, -0.25) is 4.99 Å². The van der Waals surface area contributed by atoms with Crippen LogP contribution >= 0.6 is 11.8 Å². The third-order valence-electron chi connectivity index (χ3n) is 4.73. The van der Waals surface area contributed by atoms with E-state index in [4.69, 9.17) is 4.99 Å². The number of hydrogen-bond acceptors (Lipinski definition) is 2.